The molecule has 2 rings (SSSR count). The van der Waals surface area contributed by atoms with Gasteiger partial charge in [0.2, 0.25) is 5.91 Å². The predicted octanol–water partition coefficient (Wildman–Crippen LogP) is 2.58. The predicted molar refractivity (Wildman–Crippen MR) is 67.5 cm³/mol. The van der Waals surface area contributed by atoms with Crippen LogP contribution < -0.4 is 11.1 Å². The largest absolute Gasteiger partial charge is 0.366 e. The van der Waals surface area contributed by atoms with Crippen LogP contribution in [0.15, 0.2) is 42.7 Å². The van der Waals surface area contributed by atoms with Gasteiger partial charge >= 0.3 is 0 Å². The van der Waals surface area contributed by atoms with E-state index >= 15 is 0 Å². The highest BCUT2D eigenvalue weighted by atomic mass is 35.5. The van der Waals surface area contributed by atoms with E-state index in [4.69, 9.17) is 17.3 Å². The molecule has 17 heavy (non-hydrogen) atoms. The number of hydrogen-bond donors (Lipinski definition) is 2. The molecule has 0 radical (unpaired) electrons. The van der Waals surface area contributed by atoms with Crippen molar-refractivity contribution in [3.63, 3.8) is 0 Å². The summed E-state index contributed by atoms with van der Waals surface area (Å²) in [5.74, 6) is -0.446. The molecule has 0 aliphatic carbocycles. The molecule has 1 amide bonds. The molecule has 86 valence electrons. The van der Waals surface area contributed by atoms with Crippen molar-refractivity contribution in [3.8, 4) is 0 Å². The summed E-state index contributed by atoms with van der Waals surface area (Å²) in [5.41, 5.74) is 7.20. The summed E-state index contributed by atoms with van der Waals surface area (Å²) in [6.07, 6.45) is 3.20. The van der Waals surface area contributed by atoms with Crippen LogP contribution in [0.25, 0.3) is 0 Å². The molecule has 5 heteroatoms. The van der Waals surface area contributed by atoms with E-state index in [0.29, 0.717) is 10.6 Å². The van der Waals surface area contributed by atoms with Gasteiger partial charge in [0.1, 0.15) is 0 Å². The molecule has 0 fully saturated rings. The summed E-state index contributed by atoms with van der Waals surface area (Å²) in [5, 5.41) is 3.65. The number of amides is 1. The van der Waals surface area contributed by atoms with Crippen LogP contribution in [0.4, 0.5) is 11.4 Å². The number of pyridine rings is 1. The quantitative estimate of drug-likeness (QED) is 0.876. The number of nitrogens with one attached hydrogen (secondary N) is 1. The third-order valence-corrected chi connectivity index (χ3v) is 2.52. The molecule has 0 unspecified atom stereocenters. The van der Waals surface area contributed by atoms with Gasteiger partial charge in [0.25, 0.3) is 0 Å². The van der Waals surface area contributed by atoms with E-state index < -0.39 is 5.91 Å². The fraction of sp³-hybridized carbons (Fsp3) is 0. The zero-order valence-corrected chi connectivity index (χ0v) is 9.61. The van der Waals surface area contributed by atoms with Gasteiger partial charge in [-0.3, -0.25) is 9.78 Å². The molecule has 2 aromatic rings. The maximum Gasteiger partial charge on any atom is 0.248 e. The number of nitrogens with zero attached hydrogens (tertiary/aromatic N) is 1. The van der Waals surface area contributed by atoms with Crippen LogP contribution >= 0.6 is 11.6 Å². The molecule has 0 atom stereocenters. The van der Waals surface area contributed by atoms with E-state index in [-0.39, 0.29) is 0 Å². The fourth-order valence-electron chi connectivity index (χ4n) is 1.35. The molecule has 3 N–H and O–H groups in total. The number of aromatic nitrogens is 1. The first-order valence-electron chi connectivity index (χ1n) is 4.93. The molecule has 1 aromatic heterocycles. The number of primary amides is 1. The van der Waals surface area contributed by atoms with Crippen LogP contribution in [-0.2, 0) is 0 Å². The van der Waals surface area contributed by atoms with Gasteiger partial charge in [0.05, 0.1) is 10.7 Å². The second kappa shape index (κ2) is 4.84. The van der Waals surface area contributed by atoms with Gasteiger partial charge in [-0.05, 0) is 30.3 Å². The number of benzene rings is 1. The number of nitrogens with two attached hydrogens (primary N) is 1. The molecule has 0 aliphatic heterocycles. The minimum Gasteiger partial charge on any atom is -0.366 e. The monoisotopic (exact) mass is 247 g/mol. The van der Waals surface area contributed by atoms with Crippen LogP contribution in [0.1, 0.15) is 10.4 Å². The Morgan fingerprint density at radius 2 is 1.94 bits per heavy atom. The first-order chi connectivity index (χ1) is 8.16. The number of hydrogen-bond acceptors (Lipinski definition) is 3. The summed E-state index contributed by atoms with van der Waals surface area (Å²) < 4.78 is 0. The van der Waals surface area contributed by atoms with Gasteiger partial charge in [-0.25, -0.2) is 0 Å². The topological polar surface area (TPSA) is 68.0 Å². The van der Waals surface area contributed by atoms with Crippen molar-refractivity contribution in [3.05, 3.63) is 53.3 Å². The zero-order chi connectivity index (χ0) is 12.3. The van der Waals surface area contributed by atoms with Crippen molar-refractivity contribution in [2.45, 2.75) is 0 Å². The molecular weight excluding hydrogens is 238 g/mol. The second-order valence-corrected chi connectivity index (χ2v) is 3.83. The van der Waals surface area contributed by atoms with E-state index in [1.165, 1.54) is 0 Å². The Balaban J connectivity index is 2.20. The normalized spacial score (nSPS) is 9.94. The molecular formula is C12H10ClN3O. The minimum atomic E-state index is -0.446. The lowest BCUT2D eigenvalue weighted by Gasteiger charge is -2.07. The molecule has 1 aromatic carbocycles. The standard InChI is InChI=1S/C12H10ClN3O/c13-10-7-15-6-5-11(10)16-9-3-1-8(2-4-9)12(14)17/h1-7H,(H2,14,17)(H,15,16). The van der Waals surface area contributed by atoms with Crippen molar-refractivity contribution in [1.29, 1.82) is 0 Å². The maximum atomic E-state index is 10.9. The number of rotatable bonds is 3. The Morgan fingerprint density at radius 3 is 2.53 bits per heavy atom. The van der Waals surface area contributed by atoms with Crippen molar-refractivity contribution in [1.82, 2.24) is 4.98 Å². The Bertz CT molecular complexity index is 540. The van der Waals surface area contributed by atoms with E-state index in [0.717, 1.165) is 11.4 Å². The Morgan fingerprint density at radius 1 is 1.24 bits per heavy atom. The average Bonchev–Trinajstić information content (AvgIpc) is 2.33. The molecule has 0 saturated heterocycles. The van der Waals surface area contributed by atoms with E-state index in [2.05, 4.69) is 10.3 Å². The average molecular weight is 248 g/mol. The van der Waals surface area contributed by atoms with Crippen molar-refractivity contribution < 1.29 is 4.79 Å². The van der Waals surface area contributed by atoms with Crippen LogP contribution in [0.2, 0.25) is 5.02 Å². The lowest BCUT2D eigenvalue weighted by molar-refractivity contribution is 0.100. The van der Waals surface area contributed by atoms with E-state index in [1.807, 2.05) is 0 Å². The van der Waals surface area contributed by atoms with Crippen LogP contribution in [0.3, 0.4) is 0 Å². The Kier molecular flexibility index (Phi) is 3.25. The number of carbonyl (C=O) groups excluding carboxylic acids is 1. The molecule has 0 bridgehead atoms. The smallest absolute Gasteiger partial charge is 0.248 e. The van der Waals surface area contributed by atoms with E-state index in [1.54, 1.807) is 42.7 Å². The van der Waals surface area contributed by atoms with Gasteiger partial charge in [-0.15, -0.1) is 0 Å². The maximum absolute atomic E-state index is 10.9. The number of halogens is 1. The summed E-state index contributed by atoms with van der Waals surface area (Å²) in [6.45, 7) is 0. The van der Waals surface area contributed by atoms with Crippen molar-refractivity contribution in [2.75, 3.05) is 5.32 Å². The first kappa shape index (κ1) is 11.4. The molecule has 4 nitrogen and oxygen atoms in total. The summed E-state index contributed by atoms with van der Waals surface area (Å²) in [4.78, 5) is 14.8. The third kappa shape index (κ3) is 2.73. The molecule has 1 heterocycles. The van der Waals surface area contributed by atoms with Gasteiger partial charge in [-0.2, -0.15) is 0 Å². The lowest BCUT2D eigenvalue weighted by Crippen LogP contribution is -2.10. The summed E-state index contributed by atoms with van der Waals surface area (Å²) in [6, 6.07) is 8.59. The van der Waals surface area contributed by atoms with Gasteiger partial charge in [0.15, 0.2) is 0 Å². The lowest BCUT2D eigenvalue weighted by atomic mass is 10.2. The van der Waals surface area contributed by atoms with Crippen LogP contribution in [-0.4, -0.2) is 10.9 Å². The molecule has 0 saturated carbocycles. The fourth-order valence-corrected chi connectivity index (χ4v) is 1.52. The summed E-state index contributed by atoms with van der Waals surface area (Å²) in [7, 11) is 0. The van der Waals surface area contributed by atoms with Crippen LogP contribution in [0.5, 0.6) is 0 Å². The second-order valence-electron chi connectivity index (χ2n) is 3.42. The number of carbonyl (C=O) groups is 1. The van der Waals surface area contributed by atoms with Crippen molar-refractivity contribution in [2.24, 2.45) is 5.73 Å². The Hall–Kier alpha value is -2.07. The summed E-state index contributed by atoms with van der Waals surface area (Å²) >= 11 is 5.96. The van der Waals surface area contributed by atoms with Gasteiger partial charge in [-0.1, -0.05) is 11.6 Å². The van der Waals surface area contributed by atoms with Crippen LogP contribution in [0, 0.1) is 0 Å². The first-order valence-corrected chi connectivity index (χ1v) is 5.31. The third-order valence-electron chi connectivity index (χ3n) is 2.22. The highest BCUT2D eigenvalue weighted by molar-refractivity contribution is 6.33. The molecule has 0 spiro atoms. The van der Waals surface area contributed by atoms with Gasteiger partial charge in [0, 0.05) is 23.6 Å². The highest BCUT2D eigenvalue weighted by Crippen LogP contribution is 2.23. The van der Waals surface area contributed by atoms with Gasteiger partial charge < -0.3 is 11.1 Å². The highest BCUT2D eigenvalue weighted by Gasteiger charge is 2.02. The van der Waals surface area contributed by atoms with E-state index in [9.17, 15) is 4.79 Å². The zero-order valence-electron chi connectivity index (χ0n) is 8.85. The van der Waals surface area contributed by atoms with Crippen molar-refractivity contribution >= 4 is 28.9 Å². The number of anilines is 2. The minimum absolute atomic E-state index is 0.446. The SMILES string of the molecule is NC(=O)c1ccc(Nc2ccncc2Cl)cc1. The molecule has 0 aliphatic rings. The Labute approximate surface area is 103 Å².